The van der Waals surface area contributed by atoms with Crippen LogP contribution in [0.2, 0.25) is 0 Å². The van der Waals surface area contributed by atoms with E-state index in [1.165, 1.54) is 7.11 Å². The lowest BCUT2D eigenvalue weighted by atomic mass is 10.2. The van der Waals surface area contributed by atoms with E-state index in [0.717, 1.165) is 5.56 Å². The van der Waals surface area contributed by atoms with Crippen LogP contribution >= 0.6 is 12.2 Å². The molecule has 0 spiro atoms. The minimum absolute atomic E-state index is 0.355. The largest absolute Gasteiger partial charge is 0.493 e. The van der Waals surface area contributed by atoms with Gasteiger partial charge in [-0.1, -0.05) is 0 Å². The normalized spacial score (nSPS) is 10.2. The van der Waals surface area contributed by atoms with Crippen molar-refractivity contribution in [3.05, 3.63) is 23.8 Å². The lowest BCUT2D eigenvalue weighted by Gasteiger charge is -2.09. The topological polar surface area (TPSA) is 92.2 Å². The second-order valence-electron chi connectivity index (χ2n) is 3.82. The van der Waals surface area contributed by atoms with Gasteiger partial charge < -0.3 is 19.9 Å². The molecule has 0 fully saturated rings. The van der Waals surface area contributed by atoms with Gasteiger partial charge in [0.05, 0.1) is 13.3 Å². The molecule has 0 saturated carbocycles. The highest BCUT2D eigenvalue weighted by atomic mass is 32.1. The van der Waals surface area contributed by atoms with Crippen molar-refractivity contribution in [3.8, 4) is 11.5 Å². The Kier molecular flexibility index (Phi) is 6.96. The van der Waals surface area contributed by atoms with Crippen molar-refractivity contribution in [2.45, 2.75) is 6.92 Å². The summed E-state index contributed by atoms with van der Waals surface area (Å²) in [7, 11) is 1.47. The van der Waals surface area contributed by atoms with Gasteiger partial charge in [-0.2, -0.15) is 5.10 Å². The average molecular weight is 311 g/mol. The van der Waals surface area contributed by atoms with Crippen LogP contribution in [-0.2, 0) is 4.79 Å². The number of hydrogen-bond acceptors (Lipinski definition) is 5. The SMILES string of the molecule is CCNC(=S)N/N=C\c1ccc(OCC(=O)O)c(OC)c1. The molecular formula is C13H17N3O4S. The molecule has 0 aliphatic carbocycles. The van der Waals surface area contributed by atoms with Gasteiger partial charge in [0.25, 0.3) is 0 Å². The highest BCUT2D eigenvalue weighted by Gasteiger charge is 2.07. The highest BCUT2D eigenvalue weighted by molar-refractivity contribution is 7.80. The summed E-state index contributed by atoms with van der Waals surface area (Å²) in [5, 5.41) is 15.9. The van der Waals surface area contributed by atoms with Crippen molar-refractivity contribution in [2.24, 2.45) is 5.10 Å². The maximum absolute atomic E-state index is 10.5. The van der Waals surface area contributed by atoms with Crippen molar-refractivity contribution in [1.29, 1.82) is 0 Å². The van der Waals surface area contributed by atoms with Crippen LogP contribution < -0.4 is 20.2 Å². The van der Waals surface area contributed by atoms with E-state index < -0.39 is 12.6 Å². The number of hydrazone groups is 1. The zero-order valence-electron chi connectivity index (χ0n) is 11.8. The first-order valence-electron chi connectivity index (χ1n) is 6.16. The second kappa shape index (κ2) is 8.75. The third-order valence-electron chi connectivity index (χ3n) is 2.26. The van der Waals surface area contributed by atoms with E-state index in [9.17, 15) is 4.79 Å². The molecule has 1 aromatic rings. The van der Waals surface area contributed by atoms with Crippen molar-refractivity contribution in [3.63, 3.8) is 0 Å². The van der Waals surface area contributed by atoms with Crippen molar-refractivity contribution in [1.82, 2.24) is 10.7 Å². The summed E-state index contributed by atoms with van der Waals surface area (Å²) in [4.78, 5) is 10.5. The van der Waals surface area contributed by atoms with Gasteiger partial charge in [0.15, 0.2) is 23.2 Å². The standard InChI is InChI=1S/C13H17N3O4S/c1-3-14-13(21)16-15-7-9-4-5-10(11(6-9)19-2)20-8-12(17)18/h4-7H,3,8H2,1-2H3,(H,17,18)(H2,14,16,21)/b15-7-. The average Bonchev–Trinajstić information content (AvgIpc) is 2.45. The Morgan fingerprint density at radius 3 is 2.86 bits per heavy atom. The number of aliphatic carboxylic acids is 1. The van der Waals surface area contributed by atoms with Gasteiger partial charge in [0.2, 0.25) is 0 Å². The Hall–Kier alpha value is -2.35. The second-order valence-corrected chi connectivity index (χ2v) is 4.23. The van der Waals surface area contributed by atoms with Gasteiger partial charge in [0, 0.05) is 6.54 Å². The van der Waals surface area contributed by atoms with Gasteiger partial charge >= 0.3 is 5.97 Å². The molecule has 0 saturated heterocycles. The monoisotopic (exact) mass is 311 g/mol. The third-order valence-corrected chi connectivity index (χ3v) is 2.49. The van der Waals surface area contributed by atoms with Crippen LogP contribution in [0.4, 0.5) is 0 Å². The maximum Gasteiger partial charge on any atom is 0.341 e. The summed E-state index contributed by atoms with van der Waals surface area (Å²) in [6.07, 6.45) is 1.56. The number of methoxy groups -OCH3 is 1. The molecule has 21 heavy (non-hydrogen) atoms. The van der Waals surface area contributed by atoms with Gasteiger partial charge in [-0.25, -0.2) is 4.79 Å². The first-order valence-corrected chi connectivity index (χ1v) is 6.57. The van der Waals surface area contributed by atoms with Gasteiger partial charge in [-0.15, -0.1) is 0 Å². The van der Waals surface area contributed by atoms with Crippen LogP contribution in [0.5, 0.6) is 11.5 Å². The van der Waals surface area contributed by atoms with E-state index in [-0.39, 0.29) is 0 Å². The Labute approximate surface area is 127 Å². The minimum atomic E-state index is -1.05. The van der Waals surface area contributed by atoms with Gasteiger partial charge in [-0.3, -0.25) is 5.43 Å². The Balaban J connectivity index is 2.70. The Bertz CT molecular complexity index is 534. The summed E-state index contributed by atoms with van der Waals surface area (Å²) in [5.41, 5.74) is 3.42. The molecule has 0 unspecified atom stereocenters. The van der Waals surface area contributed by atoms with Crippen LogP contribution in [0.3, 0.4) is 0 Å². The Morgan fingerprint density at radius 2 is 2.24 bits per heavy atom. The number of ether oxygens (including phenoxy) is 2. The maximum atomic E-state index is 10.5. The van der Waals surface area contributed by atoms with Crippen molar-refractivity contribution in [2.75, 3.05) is 20.3 Å². The molecular weight excluding hydrogens is 294 g/mol. The molecule has 1 aromatic carbocycles. The molecule has 1 rings (SSSR count). The lowest BCUT2D eigenvalue weighted by molar-refractivity contribution is -0.139. The van der Waals surface area contributed by atoms with Crippen molar-refractivity contribution >= 4 is 29.5 Å². The molecule has 0 aliphatic heterocycles. The molecule has 8 heteroatoms. The minimum Gasteiger partial charge on any atom is -0.493 e. The predicted octanol–water partition coefficient (Wildman–Crippen LogP) is 0.977. The van der Waals surface area contributed by atoms with E-state index in [1.807, 2.05) is 6.92 Å². The first-order chi connectivity index (χ1) is 10.1. The number of hydrogen-bond donors (Lipinski definition) is 3. The number of carboxylic acids is 1. The fourth-order valence-electron chi connectivity index (χ4n) is 1.39. The van der Waals surface area contributed by atoms with Crippen LogP contribution in [0.1, 0.15) is 12.5 Å². The number of benzene rings is 1. The molecule has 114 valence electrons. The number of carbonyl (C=O) groups is 1. The number of nitrogens with zero attached hydrogens (tertiary/aromatic N) is 1. The van der Waals surface area contributed by atoms with Crippen LogP contribution in [0.25, 0.3) is 0 Å². The molecule has 0 radical (unpaired) electrons. The number of carboxylic acid groups (broad SMARTS) is 1. The van der Waals surface area contributed by atoms with Crippen molar-refractivity contribution < 1.29 is 19.4 Å². The van der Waals surface area contributed by atoms with E-state index in [1.54, 1.807) is 24.4 Å². The lowest BCUT2D eigenvalue weighted by Crippen LogP contribution is -2.31. The molecule has 0 aliphatic rings. The number of thiocarbonyl (C=S) groups is 1. The summed E-state index contributed by atoms with van der Waals surface area (Å²) in [5.74, 6) is -0.272. The summed E-state index contributed by atoms with van der Waals surface area (Å²) in [6.45, 7) is 2.21. The fourth-order valence-corrected chi connectivity index (χ4v) is 1.59. The molecule has 7 nitrogen and oxygen atoms in total. The summed E-state index contributed by atoms with van der Waals surface area (Å²) < 4.78 is 10.2. The van der Waals surface area contributed by atoms with E-state index in [0.29, 0.717) is 23.2 Å². The third kappa shape index (κ3) is 6.09. The molecule has 0 heterocycles. The zero-order chi connectivity index (χ0) is 15.7. The Morgan fingerprint density at radius 1 is 1.48 bits per heavy atom. The van der Waals surface area contributed by atoms with Gasteiger partial charge in [-0.05, 0) is 42.9 Å². The summed E-state index contributed by atoms with van der Waals surface area (Å²) in [6, 6.07) is 5.02. The molecule has 0 bridgehead atoms. The quantitative estimate of drug-likeness (QED) is 0.393. The van der Waals surface area contributed by atoms with E-state index in [2.05, 4.69) is 15.8 Å². The van der Waals surface area contributed by atoms with Crippen LogP contribution in [0, 0.1) is 0 Å². The molecule has 0 atom stereocenters. The smallest absolute Gasteiger partial charge is 0.341 e. The molecule has 0 amide bonds. The zero-order valence-corrected chi connectivity index (χ0v) is 12.6. The van der Waals surface area contributed by atoms with Gasteiger partial charge in [0.1, 0.15) is 0 Å². The number of nitrogens with one attached hydrogen (secondary N) is 2. The molecule has 0 aromatic heterocycles. The van der Waals surface area contributed by atoms with Crippen LogP contribution in [0.15, 0.2) is 23.3 Å². The highest BCUT2D eigenvalue weighted by Crippen LogP contribution is 2.27. The fraction of sp³-hybridized carbons (Fsp3) is 0.308. The number of rotatable bonds is 7. The summed E-state index contributed by atoms with van der Waals surface area (Å²) >= 11 is 4.96. The van der Waals surface area contributed by atoms with E-state index >= 15 is 0 Å². The first kappa shape index (κ1) is 16.7. The van der Waals surface area contributed by atoms with E-state index in [4.69, 9.17) is 26.8 Å². The molecule has 3 N–H and O–H groups in total. The predicted molar refractivity (Wildman–Crippen MR) is 83.1 cm³/mol. The van der Waals surface area contributed by atoms with Crippen LogP contribution in [-0.4, -0.2) is 42.7 Å².